The van der Waals surface area contributed by atoms with Gasteiger partial charge in [0.1, 0.15) is 0 Å². The SMILES string of the molecule is COC(=O)C[C@H](C(=O)N1CCCC1)C(C)C. The van der Waals surface area contributed by atoms with E-state index >= 15 is 0 Å². The Labute approximate surface area is 96.9 Å². The van der Waals surface area contributed by atoms with Gasteiger partial charge in [0, 0.05) is 13.1 Å². The first-order chi connectivity index (χ1) is 7.56. The molecule has 0 spiro atoms. The van der Waals surface area contributed by atoms with Gasteiger partial charge in [0.25, 0.3) is 0 Å². The van der Waals surface area contributed by atoms with Crippen LogP contribution in [0.3, 0.4) is 0 Å². The minimum atomic E-state index is -0.300. The minimum Gasteiger partial charge on any atom is -0.469 e. The highest BCUT2D eigenvalue weighted by Crippen LogP contribution is 2.21. The number of hydrogen-bond donors (Lipinski definition) is 0. The van der Waals surface area contributed by atoms with Gasteiger partial charge in [0.05, 0.1) is 19.4 Å². The Morgan fingerprint density at radius 3 is 2.25 bits per heavy atom. The summed E-state index contributed by atoms with van der Waals surface area (Å²) in [6.07, 6.45) is 2.35. The number of carbonyl (C=O) groups excluding carboxylic acids is 2. The molecular weight excluding hydrogens is 206 g/mol. The first-order valence-corrected chi connectivity index (χ1v) is 5.92. The van der Waals surface area contributed by atoms with Gasteiger partial charge in [0.2, 0.25) is 5.91 Å². The number of ether oxygens (including phenoxy) is 1. The van der Waals surface area contributed by atoms with E-state index in [1.54, 1.807) is 0 Å². The number of likely N-dealkylation sites (tertiary alicyclic amines) is 1. The third kappa shape index (κ3) is 3.22. The van der Waals surface area contributed by atoms with E-state index in [0.717, 1.165) is 25.9 Å². The summed E-state index contributed by atoms with van der Waals surface area (Å²) in [6.45, 7) is 5.62. The van der Waals surface area contributed by atoms with Gasteiger partial charge in [-0.15, -0.1) is 0 Å². The molecule has 0 aliphatic carbocycles. The molecule has 4 nitrogen and oxygen atoms in total. The largest absolute Gasteiger partial charge is 0.469 e. The standard InChI is InChI=1S/C12H21NO3/c1-9(2)10(8-11(14)16-3)12(15)13-6-4-5-7-13/h9-10H,4-8H2,1-3H3/t10-/m0/s1. The van der Waals surface area contributed by atoms with E-state index in [1.807, 2.05) is 18.7 Å². The molecule has 1 heterocycles. The van der Waals surface area contributed by atoms with Gasteiger partial charge in [-0.25, -0.2) is 0 Å². The van der Waals surface area contributed by atoms with Crippen molar-refractivity contribution in [3.05, 3.63) is 0 Å². The number of rotatable bonds is 4. The highest BCUT2D eigenvalue weighted by atomic mass is 16.5. The second-order valence-corrected chi connectivity index (χ2v) is 4.66. The van der Waals surface area contributed by atoms with Gasteiger partial charge in [-0.05, 0) is 18.8 Å². The average molecular weight is 227 g/mol. The summed E-state index contributed by atoms with van der Waals surface area (Å²) in [6, 6.07) is 0. The number of nitrogens with zero attached hydrogens (tertiary/aromatic N) is 1. The molecule has 1 fully saturated rings. The molecule has 1 atom stereocenters. The van der Waals surface area contributed by atoms with Crippen LogP contribution in [0, 0.1) is 11.8 Å². The molecule has 0 aromatic rings. The van der Waals surface area contributed by atoms with Crippen molar-refractivity contribution in [1.29, 1.82) is 0 Å². The molecule has 0 aromatic carbocycles. The van der Waals surface area contributed by atoms with Crippen LogP contribution in [0.4, 0.5) is 0 Å². The second kappa shape index (κ2) is 5.87. The number of amides is 1. The maximum absolute atomic E-state index is 12.2. The number of methoxy groups -OCH3 is 1. The molecule has 0 bridgehead atoms. The molecule has 0 N–H and O–H groups in total. The van der Waals surface area contributed by atoms with E-state index in [4.69, 9.17) is 0 Å². The zero-order chi connectivity index (χ0) is 12.1. The zero-order valence-corrected chi connectivity index (χ0v) is 10.4. The fourth-order valence-electron chi connectivity index (χ4n) is 2.04. The van der Waals surface area contributed by atoms with Crippen molar-refractivity contribution in [1.82, 2.24) is 4.90 Å². The van der Waals surface area contributed by atoms with Gasteiger partial charge < -0.3 is 9.64 Å². The second-order valence-electron chi connectivity index (χ2n) is 4.66. The summed E-state index contributed by atoms with van der Waals surface area (Å²) in [7, 11) is 1.36. The predicted molar refractivity (Wildman–Crippen MR) is 60.8 cm³/mol. The normalized spacial score (nSPS) is 17.6. The number of esters is 1. The summed E-state index contributed by atoms with van der Waals surface area (Å²) in [4.78, 5) is 25.3. The van der Waals surface area contributed by atoms with E-state index in [9.17, 15) is 9.59 Å². The lowest BCUT2D eigenvalue weighted by Gasteiger charge is -2.24. The molecule has 1 aliphatic rings. The van der Waals surface area contributed by atoms with Crippen LogP contribution in [0.15, 0.2) is 0 Å². The Morgan fingerprint density at radius 2 is 1.81 bits per heavy atom. The Morgan fingerprint density at radius 1 is 1.25 bits per heavy atom. The molecule has 0 unspecified atom stereocenters. The summed E-state index contributed by atoms with van der Waals surface area (Å²) in [5.41, 5.74) is 0. The van der Waals surface area contributed by atoms with Crippen LogP contribution in [-0.2, 0) is 14.3 Å². The van der Waals surface area contributed by atoms with E-state index in [-0.39, 0.29) is 30.1 Å². The van der Waals surface area contributed by atoms with E-state index < -0.39 is 0 Å². The molecule has 0 saturated carbocycles. The summed E-state index contributed by atoms with van der Waals surface area (Å²) in [5.74, 6) is -0.248. The van der Waals surface area contributed by atoms with E-state index in [0.29, 0.717) is 0 Å². The van der Waals surface area contributed by atoms with Crippen molar-refractivity contribution in [3.8, 4) is 0 Å². The van der Waals surface area contributed by atoms with Crippen molar-refractivity contribution in [2.24, 2.45) is 11.8 Å². The third-order valence-electron chi connectivity index (χ3n) is 3.15. The molecule has 1 saturated heterocycles. The summed E-state index contributed by atoms with van der Waals surface area (Å²) < 4.78 is 4.63. The maximum Gasteiger partial charge on any atom is 0.306 e. The monoisotopic (exact) mass is 227 g/mol. The molecule has 1 aliphatic heterocycles. The Balaban J connectivity index is 2.61. The van der Waals surface area contributed by atoms with Crippen LogP contribution in [-0.4, -0.2) is 37.0 Å². The molecule has 16 heavy (non-hydrogen) atoms. The van der Waals surface area contributed by atoms with Crippen molar-refractivity contribution in [3.63, 3.8) is 0 Å². The molecule has 4 heteroatoms. The number of hydrogen-bond acceptors (Lipinski definition) is 3. The lowest BCUT2D eigenvalue weighted by Crippen LogP contribution is -2.37. The summed E-state index contributed by atoms with van der Waals surface area (Å²) >= 11 is 0. The molecular formula is C12H21NO3. The summed E-state index contributed by atoms with van der Waals surface area (Å²) in [5, 5.41) is 0. The topological polar surface area (TPSA) is 46.6 Å². The van der Waals surface area contributed by atoms with Gasteiger partial charge in [-0.3, -0.25) is 9.59 Å². The van der Waals surface area contributed by atoms with Gasteiger partial charge in [-0.2, -0.15) is 0 Å². The average Bonchev–Trinajstić information content (AvgIpc) is 2.77. The fourth-order valence-corrected chi connectivity index (χ4v) is 2.04. The highest BCUT2D eigenvalue weighted by Gasteiger charge is 2.30. The molecule has 0 aromatic heterocycles. The van der Waals surface area contributed by atoms with Crippen LogP contribution >= 0.6 is 0 Å². The Kier molecular flexibility index (Phi) is 4.77. The van der Waals surface area contributed by atoms with Crippen LogP contribution in [0.1, 0.15) is 33.1 Å². The smallest absolute Gasteiger partial charge is 0.306 e. The molecule has 92 valence electrons. The van der Waals surface area contributed by atoms with Crippen molar-refractivity contribution in [2.45, 2.75) is 33.1 Å². The quantitative estimate of drug-likeness (QED) is 0.683. The van der Waals surface area contributed by atoms with Crippen molar-refractivity contribution in [2.75, 3.05) is 20.2 Å². The number of carbonyl (C=O) groups is 2. The van der Waals surface area contributed by atoms with E-state index in [1.165, 1.54) is 7.11 Å². The molecule has 1 rings (SSSR count). The lowest BCUT2D eigenvalue weighted by molar-refractivity contribution is -0.147. The zero-order valence-electron chi connectivity index (χ0n) is 10.4. The third-order valence-corrected chi connectivity index (χ3v) is 3.15. The molecule has 1 amide bonds. The fraction of sp³-hybridized carbons (Fsp3) is 0.833. The van der Waals surface area contributed by atoms with Crippen LogP contribution in [0.5, 0.6) is 0 Å². The van der Waals surface area contributed by atoms with Gasteiger partial charge in [0.15, 0.2) is 0 Å². The lowest BCUT2D eigenvalue weighted by atomic mass is 9.91. The Bertz CT molecular complexity index is 257. The highest BCUT2D eigenvalue weighted by molar-refractivity contribution is 5.84. The first-order valence-electron chi connectivity index (χ1n) is 5.92. The molecule has 0 radical (unpaired) electrons. The van der Waals surface area contributed by atoms with E-state index in [2.05, 4.69) is 4.74 Å². The van der Waals surface area contributed by atoms with Crippen LogP contribution in [0.2, 0.25) is 0 Å². The van der Waals surface area contributed by atoms with Gasteiger partial charge >= 0.3 is 5.97 Å². The van der Waals surface area contributed by atoms with Crippen molar-refractivity contribution < 1.29 is 14.3 Å². The predicted octanol–water partition coefficient (Wildman–Crippen LogP) is 1.44. The van der Waals surface area contributed by atoms with Crippen LogP contribution in [0.25, 0.3) is 0 Å². The van der Waals surface area contributed by atoms with Crippen molar-refractivity contribution >= 4 is 11.9 Å². The van der Waals surface area contributed by atoms with Crippen LogP contribution < -0.4 is 0 Å². The Hall–Kier alpha value is -1.06. The van der Waals surface area contributed by atoms with Gasteiger partial charge in [-0.1, -0.05) is 13.8 Å². The maximum atomic E-state index is 12.2. The minimum absolute atomic E-state index is 0.109. The first kappa shape index (κ1) is 13.0.